The smallest absolute Gasteiger partial charge is 0.126 e. The fourth-order valence-corrected chi connectivity index (χ4v) is 1.44. The molecule has 0 aromatic carbocycles. The Morgan fingerprint density at radius 2 is 2.62 bits per heavy atom. The van der Waals surface area contributed by atoms with Crippen LogP contribution in [0.4, 0.5) is 0 Å². The van der Waals surface area contributed by atoms with Gasteiger partial charge in [-0.25, -0.2) is 4.98 Å². The number of ether oxygens (including phenoxy) is 1. The zero-order valence-corrected chi connectivity index (χ0v) is 7.45. The molecule has 2 atom stereocenters. The first-order valence-electron chi connectivity index (χ1n) is 4.29. The Kier molecular flexibility index (Phi) is 2.07. The van der Waals surface area contributed by atoms with Crippen molar-refractivity contribution in [1.29, 1.82) is 0 Å². The Bertz CT molecular complexity index is 310. The second kappa shape index (κ2) is 3.10. The van der Waals surface area contributed by atoms with Gasteiger partial charge in [0.05, 0.1) is 36.7 Å². The zero-order valence-electron chi connectivity index (χ0n) is 7.45. The Hall–Kier alpha value is -0.910. The largest absolute Gasteiger partial charge is 0.394 e. The molecular formula is C8H13N3O2. The van der Waals surface area contributed by atoms with E-state index in [0.29, 0.717) is 12.4 Å². The average Bonchev–Trinajstić information content (AvgIpc) is 2.67. The highest BCUT2D eigenvalue weighted by molar-refractivity contribution is 5.20. The number of fused-ring (bicyclic) bond motifs is 1. The van der Waals surface area contributed by atoms with Gasteiger partial charge >= 0.3 is 0 Å². The summed E-state index contributed by atoms with van der Waals surface area (Å²) in [6, 6.07) is -0.419. The predicted molar refractivity (Wildman–Crippen MR) is 45.8 cm³/mol. The molecule has 0 fully saturated rings. The van der Waals surface area contributed by atoms with Gasteiger partial charge in [-0.3, -0.25) is 0 Å². The van der Waals surface area contributed by atoms with E-state index < -0.39 is 6.04 Å². The molecule has 0 spiro atoms. The molecule has 1 aliphatic rings. The van der Waals surface area contributed by atoms with Gasteiger partial charge < -0.3 is 20.6 Å². The number of aromatic amines is 1. The standard InChI is InChI=1S/C8H13N3O2/c1-4-7-6(3-13-4)10-8(11-7)5(9)2-12/h4-5,12H,2-3,9H2,1H3,(H,10,11). The highest BCUT2D eigenvalue weighted by atomic mass is 16.5. The van der Waals surface area contributed by atoms with E-state index in [0.717, 1.165) is 11.4 Å². The molecule has 72 valence electrons. The number of imidazole rings is 1. The van der Waals surface area contributed by atoms with Gasteiger partial charge in [-0.15, -0.1) is 0 Å². The summed E-state index contributed by atoms with van der Waals surface area (Å²) in [4.78, 5) is 7.33. The molecule has 2 heterocycles. The van der Waals surface area contributed by atoms with Crippen LogP contribution in [0.2, 0.25) is 0 Å². The maximum atomic E-state index is 8.83. The van der Waals surface area contributed by atoms with Gasteiger partial charge in [0, 0.05) is 0 Å². The highest BCUT2D eigenvalue weighted by Crippen LogP contribution is 2.28. The van der Waals surface area contributed by atoms with Gasteiger partial charge in [0.15, 0.2) is 0 Å². The summed E-state index contributed by atoms with van der Waals surface area (Å²) in [7, 11) is 0. The number of hydrogen-bond donors (Lipinski definition) is 3. The van der Waals surface area contributed by atoms with E-state index in [-0.39, 0.29) is 12.7 Å². The van der Waals surface area contributed by atoms with Crippen molar-refractivity contribution in [3.8, 4) is 0 Å². The predicted octanol–water partition coefficient (Wildman–Crippen LogP) is -0.00700. The van der Waals surface area contributed by atoms with Crippen LogP contribution in [0.1, 0.15) is 36.3 Å². The number of H-pyrrole nitrogens is 1. The molecule has 0 bridgehead atoms. The molecule has 5 heteroatoms. The van der Waals surface area contributed by atoms with Crippen LogP contribution in [0.15, 0.2) is 0 Å². The number of aliphatic hydroxyl groups is 1. The van der Waals surface area contributed by atoms with E-state index in [1.165, 1.54) is 0 Å². The second-order valence-corrected chi connectivity index (χ2v) is 3.23. The number of nitrogens with two attached hydrogens (primary N) is 1. The normalized spacial score (nSPS) is 23.2. The zero-order chi connectivity index (χ0) is 9.42. The third kappa shape index (κ3) is 1.35. The first-order valence-corrected chi connectivity index (χ1v) is 4.29. The van der Waals surface area contributed by atoms with Crippen molar-refractivity contribution < 1.29 is 9.84 Å². The lowest BCUT2D eigenvalue weighted by atomic mass is 10.3. The van der Waals surface area contributed by atoms with Crippen LogP contribution in [-0.2, 0) is 11.3 Å². The Morgan fingerprint density at radius 3 is 3.23 bits per heavy atom. The molecule has 0 aliphatic carbocycles. The van der Waals surface area contributed by atoms with Crippen LogP contribution in [0.25, 0.3) is 0 Å². The van der Waals surface area contributed by atoms with Crippen molar-refractivity contribution in [2.75, 3.05) is 6.61 Å². The average molecular weight is 183 g/mol. The van der Waals surface area contributed by atoms with Gasteiger partial charge in [-0.05, 0) is 6.92 Å². The van der Waals surface area contributed by atoms with Crippen molar-refractivity contribution in [1.82, 2.24) is 9.97 Å². The van der Waals surface area contributed by atoms with Crippen molar-refractivity contribution in [2.24, 2.45) is 5.73 Å². The Labute approximate surface area is 75.9 Å². The molecule has 2 rings (SSSR count). The van der Waals surface area contributed by atoms with Gasteiger partial charge in [-0.1, -0.05) is 0 Å². The van der Waals surface area contributed by atoms with Crippen LogP contribution in [-0.4, -0.2) is 21.7 Å². The molecule has 1 aromatic heterocycles. The lowest BCUT2D eigenvalue weighted by Crippen LogP contribution is -2.16. The Morgan fingerprint density at radius 1 is 1.85 bits per heavy atom. The molecule has 13 heavy (non-hydrogen) atoms. The van der Waals surface area contributed by atoms with Crippen molar-refractivity contribution >= 4 is 0 Å². The van der Waals surface area contributed by atoms with Crippen LogP contribution in [0, 0.1) is 0 Å². The van der Waals surface area contributed by atoms with Crippen LogP contribution < -0.4 is 5.73 Å². The summed E-state index contributed by atoms with van der Waals surface area (Å²) in [5.41, 5.74) is 7.51. The second-order valence-electron chi connectivity index (χ2n) is 3.23. The SMILES string of the molecule is CC1OCc2[nH]c(C(N)CO)nc21. The molecule has 0 amide bonds. The van der Waals surface area contributed by atoms with Crippen molar-refractivity contribution in [2.45, 2.75) is 25.7 Å². The van der Waals surface area contributed by atoms with Crippen molar-refractivity contribution in [3.63, 3.8) is 0 Å². The number of rotatable bonds is 2. The minimum Gasteiger partial charge on any atom is -0.394 e. The fraction of sp³-hybridized carbons (Fsp3) is 0.625. The van der Waals surface area contributed by atoms with E-state index >= 15 is 0 Å². The molecule has 0 radical (unpaired) electrons. The van der Waals surface area contributed by atoms with E-state index in [9.17, 15) is 0 Å². The number of aliphatic hydroxyl groups excluding tert-OH is 1. The van der Waals surface area contributed by atoms with Gasteiger partial charge in [-0.2, -0.15) is 0 Å². The summed E-state index contributed by atoms with van der Waals surface area (Å²) in [5.74, 6) is 0.641. The molecule has 1 aromatic rings. The number of nitrogens with one attached hydrogen (secondary N) is 1. The van der Waals surface area contributed by atoms with Crippen LogP contribution >= 0.6 is 0 Å². The van der Waals surface area contributed by atoms with Gasteiger partial charge in [0.25, 0.3) is 0 Å². The summed E-state index contributed by atoms with van der Waals surface area (Å²) in [5, 5.41) is 8.83. The minimum absolute atomic E-state index is 0.0332. The lowest BCUT2D eigenvalue weighted by molar-refractivity contribution is 0.0755. The molecule has 0 saturated heterocycles. The van der Waals surface area contributed by atoms with Crippen molar-refractivity contribution in [3.05, 3.63) is 17.2 Å². The summed E-state index contributed by atoms with van der Waals surface area (Å²) >= 11 is 0. The summed E-state index contributed by atoms with van der Waals surface area (Å²) < 4.78 is 5.33. The first-order chi connectivity index (χ1) is 6.22. The summed E-state index contributed by atoms with van der Waals surface area (Å²) in [6.45, 7) is 2.41. The lowest BCUT2D eigenvalue weighted by Gasteiger charge is -2.04. The van der Waals surface area contributed by atoms with Gasteiger partial charge in [0.2, 0.25) is 0 Å². The number of hydrogen-bond acceptors (Lipinski definition) is 4. The van der Waals surface area contributed by atoms with E-state index in [1.807, 2.05) is 6.92 Å². The number of nitrogens with zero attached hydrogens (tertiary/aromatic N) is 1. The quantitative estimate of drug-likeness (QED) is 0.602. The van der Waals surface area contributed by atoms with E-state index in [4.69, 9.17) is 15.6 Å². The van der Waals surface area contributed by atoms with Gasteiger partial charge in [0.1, 0.15) is 5.82 Å². The monoisotopic (exact) mass is 183 g/mol. The topological polar surface area (TPSA) is 84.2 Å². The van der Waals surface area contributed by atoms with Crippen LogP contribution in [0.3, 0.4) is 0 Å². The molecular weight excluding hydrogens is 170 g/mol. The molecule has 0 saturated carbocycles. The summed E-state index contributed by atoms with van der Waals surface area (Å²) in [6.07, 6.45) is 0.0332. The number of aromatic nitrogens is 2. The highest BCUT2D eigenvalue weighted by Gasteiger charge is 2.25. The van der Waals surface area contributed by atoms with Crippen LogP contribution in [0.5, 0.6) is 0 Å². The Balaban J connectivity index is 2.28. The molecule has 1 aliphatic heterocycles. The van der Waals surface area contributed by atoms with E-state index in [1.54, 1.807) is 0 Å². The maximum absolute atomic E-state index is 8.83. The van der Waals surface area contributed by atoms with E-state index in [2.05, 4.69) is 9.97 Å². The molecule has 2 unspecified atom stereocenters. The fourth-order valence-electron chi connectivity index (χ4n) is 1.44. The minimum atomic E-state index is -0.419. The third-order valence-electron chi connectivity index (χ3n) is 2.24. The molecule has 4 N–H and O–H groups in total. The molecule has 5 nitrogen and oxygen atoms in total. The third-order valence-corrected chi connectivity index (χ3v) is 2.24. The first kappa shape index (κ1) is 8.68. The maximum Gasteiger partial charge on any atom is 0.126 e.